The topological polar surface area (TPSA) is 95.6 Å². The molecular formula is C15H16N6O. The van der Waals surface area contributed by atoms with Gasteiger partial charge in [-0.25, -0.2) is 9.97 Å². The number of aromatic amines is 1. The first kappa shape index (κ1) is 14.0. The van der Waals surface area contributed by atoms with Gasteiger partial charge in [-0.1, -0.05) is 0 Å². The summed E-state index contributed by atoms with van der Waals surface area (Å²) in [6, 6.07) is 3.80. The molecule has 0 aliphatic carbocycles. The summed E-state index contributed by atoms with van der Waals surface area (Å²) in [6.07, 6.45) is 6.43. The Hall–Kier alpha value is -2.96. The average Bonchev–Trinajstić information content (AvgIpc) is 2.47. The SMILES string of the molecule is CC(C)Nc1nc(Nc2cnccn2)cc2cc[nH]c(=O)c12. The van der Waals surface area contributed by atoms with Gasteiger partial charge in [0.05, 0.1) is 11.6 Å². The first-order valence-electron chi connectivity index (χ1n) is 6.95. The standard InChI is InChI=1S/C15H16N6O/c1-9(2)19-14-13-10(3-4-18-15(13)22)7-11(21-14)20-12-8-16-5-6-17-12/h3-9H,1-2H3,(H,18,22)(H2,17,19,20,21). The lowest BCUT2D eigenvalue weighted by molar-refractivity contribution is 0.892. The number of hydrogen-bond acceptors (Lipinski definition) is 6. The summed E-state index contributed by atoms with van der Waals surface area (Å²) in [5, 5.41) is 7.64. The van der Waals surface area contributed by atoms with Crippen molar-refractivity contribution >= 4 is 28.2 Å². The van der Waals surface area contributed by atoms with Gasteiger partial charge in [0, 0.05) is 24.6 Å². The van der Waals surface area contributed by atoms with Gasteiger partial charge in [-0.15, -0.1) is 0 Å². The number of nitrogens with zero attached hydrogens (tertiary/aromatic N) is 3. The van der Waals surface area contributed by atoms with Gasteiger partial charge in [0.25, 0.3) is 5.56 Å². The normalized spacial score (nSPS) is 10.9. The summed E-state index contributed by atoms with van der Waals surface area (Å²) < 4.78 is 0. The zero-order valence-corrected chi connectivity index (χ0v) is 12.3. The van der Waals surface area contributed by atoms with Crippen LogP contribution >= 0.6 is 0 Å². The summed E-state index contributed by atoms with van der Waals surface area (Å²) in [5.41, 5.74) is -0.167. The second kappa shape index (κ2) is 5.80. The first-order valence-corrected chi connectivity index (χ1v) is 6.95. The van der Waals surface area contributed by atoms with Crippen LogP contribution in [0.25, 0.3) is 10.8 Å². The molecule has 3 aromatic rings. The van der Waals surface area contributed by atoms with E-state index in [1.165, 1.54) is 0 Å². The molecule has 7 heteroatoms. The molecule has 0 atom stereocenters. The van der Waals surface area contributed by atoms with Crippen LogP contribution in [-0.4, -0.2) is 26.0 Å². The lowest BCUT2D eigenvalue weighted by Gasteiger charge is -2.13. The molecule has 22 heavy (non-hydrogen) atoms. The van der Waals surface area contributed by atoms with Crippen LogP contribution in [0.1, 0.15) is 13.8 Å². The third-order valence-corrected chi connectivity index (χ3v) is 3.00. The van der Waals surface area contributed by atoms with Gasteiger partial charge in [0.2, 0.25) is 0 Å². The summed E-state index contributed by atoms with van der Waals surface area (Å²) in [5.74, 6) is 1.73. The predicted octanol–water partition coefficient (Wildman–Crippen LogP) is 2.28. The van der Waals surface area contributed by atoms with E-state index in [-0.39, 0.29) is 11.6 Å². The Morgan fingerprint density at radius 3 is 2.82 bits per heavy atom. The van der Waals surface area contributed by atoms with Crippen molar-refractivity contribution in [3.05, 3.63) is 47.3 Å². The van der Waals surface area contributed by atoms with Crippen LogP contribution in [0.15, 0.2) is 41.7 Å². The molecular weight excluding hydrogens is 280 g/mol. The van der Waals surface area contributed by atoms with Crippen molar-refractivity contribution in [2.45, 2.75) is 19.9 Å². The second-order valence-corrected chi connectivity index (χ2v) is 5.14. The van der Waals surface area contributed by atoms with E-state index in [4.69, 9.17) is 0 Å². The minimum absolute atomic E-state index is 0.155. The highest BCUT2D eigenvalue weighted by Crippen LogP contribution is 2.23. The molecule has 3 rings (SSSR count). The summed E-state index contributed by atoms with van der Waals surface area (Å²) in [4.78, 5) is 27.4. The molecule has 7 nitrogen and oxygen atoms in total. The largest absolute Gasteiger partial charge is 0.367 e. The van der Waals surface area contributed by atoms with Crippen molar-refractivity contribution in [3.63, 3.8) is 0 Å². The molecule has 0 bridgehead atoms. The van der Waals surface area contributed by atoms with Crippen molar-refractivity contribution < 1.29 is 0 Å². The fraction of sp³-hybridized carbons (Fsp3) is 0.200. The van der Waals surface area contributed by atoms with Crippen LogP contribution in [0.4, 0.5) is 17.5 Å². The molecule has 0 spiro atoms. The summed E-state index contributed by atoms with van der Waals surface area (Å²) in [6.45, 7) is 3.99. The van der Waals surface area contributed by atoms with E-state index in [9.17, 15) is 4.79 Å². The molecule has 0 fully saturated rings. The first-order chi connectivity index (χ1) is 10.6. The maximum Gasteiger partial charge on any atom is 0.259 e. The lowest BCUT2D eigenvalue weighted by atomic mass is 10.2. The molecule has 0 aliphatic rings. The molecule has 3 N–H and O–H groups in total. The average molecular weight is 296 g/mol. The fourth-order valence-corrected chi connectivity index (χ4v) is 2.15. The van der Waals surface area contributed by atoms with E-state index in [2.05, 4.69) is 30.6 Å². The number of fused-ring (bicyclic) bond motifs is 1. The highest BCUT2D eigenvalue weighted by atomic mass is 16.1. The molecule has 3 aromatic heterocycles. The molecule has 0 saturated heterocycles. The Balaban J connectivity index is 2.10. The van der Waals surface area contributed by atoms with E-state index in [1.54, 1.807) is 24.8 Å². The third-order valence-electron chi connectivity index (χ3n) is 3.00. The Kier molecular flexibility index (Phi) is 3.69. The van der Waals surface area contributed by atoms with Gasteiger partial charge in [-0.2, -0.15) is 0 Å². The van der Waals surface area contributed by atoms with E-state index < -0.39 is 0 Å². The van der Waals surface area contributed by atoms with Gasteiger partial charge < -0.3 is 15.6 Å². The van der Waals surface area contributed by atoms with Gasteiger partial charge in [-0.05, 0) is 31.4 Å². The molecule has 0 unspecified atom stereocenters. The molecule has 0 saturated carbocycles. The third kappa shape index (κ3) is 2.88. The fourth-order valence-electron chi connectivity index (χ4n) is 2.15. The van der Waals surface area contributed by atoms with Gasteiger partial charge >= 0.3 is 0 Å². The van der Waals surface area contributed by atoms with Crippen LogP contribution in [0.2, 0.25) is 0 Å². The number of aromatic nitrogens is 4. The van der Waals surface area contributed by atoms with Crippen molar-refractivity contribution in [1.82, 2.24) is 19.9 Å². The molecule has 0 aromatic carbocycles. The molecule has 0 amide bonds. The quantitative estimate of drug-likeness (QED) is 0.683. The van der Waals surface area contributed by atoms with Gasteiger partial charge in [0.15, 0.2) is 0 Å². The van der Waals surface area contributed by atoms with E-state index in [1.807, 2.05) is 26.0 Å². The van der Waals surface area contributed by atoms with E-state index in [0.717, 1.165) is 5.39 Å². The van der Waals surface area contributed by atoms with E-state index >= 15 is 0 Å². The van der Waals surface area contributed by atoms with E-state index in [0.29, 0.717) is 22.8 Å². The zero-order valence-electron chi connectivity index (χ0n) is 12.3. The highest BCUT2D eigenvalue weighted by Gasteiger charge is 2.11. The maximum absolute atomic E-state index is 12.1. The lowest BCUT2D eigenvalue weighted by Crippen LogP contribution is -2.16. The van der Waals surface area contributed by atoms with Gasteiger partial charge in [0.1, 0.15) is 17.5 Å². The number of anilines is 3. The zero-order chi connectivity index (χ0) is 15.5. The Morgan fingerprint density at radius 1 is 1.23 bits per heavy atom. The summed E-state index contributed by atoms with van der Waals surface area (Å²) in [7, 11) is 0. The van der Waals surface area contributed by atoms with Crippen molar-refractivity contribution in [2.24, 2.45) is 0 Å². The molecule has 0 aliphatic heterocycles. The van der Waals surface area contributed by atoms with Gasteiger partial charge in [-0.3, -0.25) is 9.78 Å². The smallest absolute Gasteiger partial charge is 0.259 e. The van der Waals surface area contributed by atoms with Crippen LogP contribution in [0, 0.1) is 0 Å². The van der Waals surface area contributed by atoms with Crippen LogP contribution in [-0.2, 0) is 0 Å². The summed E-state index contributed by atoms with van der Waals surface area (Å²) >= 11 is 0. The van der Waals surface area contributed by atoms with Crippen LogP contribution in [0.3, 0.4) is 0 Å². The number of nitrogens with one attached hydrogen (secondary N) is 3. The molecule has 0 radical (unpaired) electrons. The predicted molar refractivity (Wildman–Crippen MR) is 86.4 cm³/mol. The van der Waals surface area contributed by atoms with Crippen LogP contribution in [0.5, 0.6) is 0 Å². The number of hydrogen-bond donors (Lipinski definition) is 3. The van der Waals surface area contributed by atoms with Crippen molar-refractivity contribution in [2.75, 3.05) is 10.6 Å². The molecule has 3 heterocycles. The number of pyridine rings is 2. The number of H-pyrrole nitrogens is 1. The van der Waals surface area contributed by atoms with Crippen molar-refractivity contribution in [1.29, 1.82) is 0 Å². The minimum Gasteiger partial charge on any atom is -0.367 e. The monoisotopic (exact) mass is 296 g/mol. The minimum atomic E-state index is -0.167. The maximum atomic E-state index is 12.1. The Labute approximate surface area is 126 Å². The Bertz CT molecular complexity index is 844. The Morgan fingerprint density at radius 2 is 2.09 bits per heavy atom. The number of rotatable bonds is 4. The highest BCUT2D eigenvalue weighted by molar-refractivity contribution is 5.93. The van der Waals surface area contributed by atoms with Crippen molar-refractivity contribution in [3.8, 4) is 0 Å². The second-order valence-electron chi connectivity index (χ2n) is 5.14. The molecule has 112 valence electrons. The van der Waals surface area contributed by atoms with Crippen LogP contribution < -0.4 is 16.2 Å².